The third-order valence-corrected chi connectivity index (χ3v) is 3.99. The van der Waals surface area contributed by atoms with Crippen LogP contribution in [0.25, 0.3) is 16.3 Å². The van der Waals surface area contributed by atoms with Crippen LogP contribution in [0.3, 0.4) is 0 Å². The number of rotatable bonds is 2. The Morgan fingerprint density at radius 3 is 2.38 bits per heavy atom. The van der Waals surface area contributed by atoms with Gasteiger partial charge in [-0.3, -0.25) is 0 Å². The van der Waals surface area contributed by atoms with Crippen molar-refractivity contribution in [1.82, 2.24) is 0 Å². The van der Waals surface area contributed by atoms with Crippen molar-refractivity contribution in [3.63, 3.8) is 0 Å². The molecule has 0 amide bonds. The van der Waals surface area contributed by atoms with Gasteiger partial charge in [-0.1, -0.05) is 48.5 Å². The van der Waals surface area contributed by atoms with E-state index in [1.165, 1.54) is 27.4 Å². The fourth-order valence-electron chi connectivity index (χ4n) is 2.98. The second kappa shape index (κ2) is 5.02. The average Bonchev–Trinajstić information content (AvgIpc) is 2.55. The van der Waals surface area contributed by atoms with Gasteiger partial charge in [0, 0.05) is 29.5 Å². The molecule has 0 atom stereocenters. The Bertz CT molecular complexity index is 856. The molecule has 2 heterocycles. The van der Waals surface area contributed by atoms with Crippen LogP contribution < -0.4 is 4.40 Å². The number of aromatic nitrogens is 1. The monoisotopic (exact) mass is 270 g/mol. The molecule has 0 saturated heterocycles. The summed E-state index contributed by atoms with van der Waals surface area (Å²) in [4.78, 5) is 0. The van der Waals surface area contributed by atoms with E-state index in [1.807, 2.05) is 0 Å². The van der Waals surface area contributed by atoms with Crippen molar-refractivity contribution in [2.75, 3.05) is 0 Å². The number of hydrogen-bond donors (Lipinski definition) is 0. The third kappa shape index (κ3) is 2.17. The van der Waals surface area contributed by atoms with Gasteiger partial charge >= 0.3 is 0 Å². The molecule has 2 aromatic carbocycles. The van der Waals surface area contributed by atoms with Gasteiger partial charge in [0.05, 0.1) is 0 Å². The molecular formula is C20H16N+. The van der Waals surface area contributed by atoms with Gasteiger partial charge in [-0.15, -0.1) is 0 Å². The highest BCUT2D eigenvalue weighted by Gasteiger charge is 2.13. The van der Waals surface area contributed by atoms with E-state index in [0.29, 0.717) is 0 Å². The normalized spacial score (nSPS) is 11.0. The Hall–Kier alpha value is -2.67. The van der Waals surface area contributed by atoms with Gasteiger partial charge in [0.1, 0.15) is 0 Å². The summed E-state index contributed by atoms with van der Waals surface area (Å²) in [6.45, 7) is 0. The second-order valence-electron chi connectivity index (χ2n) is 5.35. The Morgan fingerprint density at radius 2 is 1.48 bits per heavy atom. The predicted octanol–water partition coefficient (Wildman–Crippen LogP) is 4.17. The van der Waals surface area contributed by atoms with Crippen molar-refractivity contribution in [1.29, 1.82) is 0 Å². The van der Waals surface area contributed by atoms with Gasteiger partial charge in [0.2, 0.25) is 5.52 Å². The lowest BCUT2D eigenvalue weighted by Gasteiger charge is -2.07. The standard InChI is InChI=1S/C20H16N/c1-2-8-16(9-3-1)14-19-18-11-5-4-10-17(18)15-21-13-7-6-12-20(19)21/h1-13,15H,14H2/q+1. The summed E-state index contributed by atoms with van der Waals surface area (Å²) in [7, 11) is 0. The lowest BCUT2D eigenvalue weighted by atomic mass is 9.98. The molecule has 1 heteroatoms. The van der Waals surface area contributed by atoms with Gasteiger partial charge in [-0.2, -0.15) is 4.40 Å². The topological polar surface area (TPSA) is 4.10 Å². The van der Waals surface area contributed by atoms with Crippen LogP contribution in [0.2, 0.25) is 0 Å². The predicted molar refractivity (Wildman–Crippen MR) is 86.4 cm³/mol. The van der Waals surface area contributed by atoms with Crippen molar-refractivity contribution in [3.8, 4) is 0 Å². The van der Waals surface area contributed by atoms with E-state index < -0.39 is 0 Å². The van der Waals surface area contributed by atoms with Crippen LogP contribution >= 0.6 is 0 Å². The van der Waals surface area contributed by atoms with Crippen molar-refractivity contribution in [2.24, 2.45) is 0 Å². The van der Waals surface area contributed by atoms with E-state index in [0.717, 1.165) is 6.42 Å². The van der Waals surface area contributed by atoms with Crippen LogP contribution in [0.5, 0.6) is 0 Å². The minimum atomic E-state index is 0.954. The molecule has 4 rings (SSSR count). The summed E-state index contributed by atoms with van der Waals surface area (Å²) in [6.07, 6.45) is 5.28. The molecule has 0 aliphatic heterocycles. The molecule has 0 N–H and O–H groups in total. The first-order valence-corrected chi connectivity index (χ1v) is 7.26. The van der Waals surface area contributed by atoms with Gasteiger partial charge in [0.25, 0.3) is 0 Å². The molecule has 0 bridgehead atoms. The maximum absolute atomic E-state index is 2.22. The van der Waals surface area contributed by atoms with Crippen LogP contribution in [-0.4, -0.2) is 0 Å². The summed E-state index contributed by atoms with van der Waals surface area (Å²) in [6, 6.07) is 25.7. The lowest BCUT2D eigenvalue weighted by Crippen LogP contribution is -2.22. The van der Waals surface area contributed by atoms with E-state index in [4.69, 9.17) is 0 Å². The van der Waals surface area contributed by atoms with Crippen LogP contribution in [0.1, 0.15) is 11.1 Å². The molecule has 0 radical (unpaired) electrons. The highest BCUT2D eigenvalue weighted by atomic mass is 14.8. The average molecular weight is 270 g/mol. The molecule has 0 unspecified atom stereocenters. The largest absolute Gasteiger partial charge is 0.214 e. The van der Waals surface area contributed by atoms with Gasteiger partial charge in [-0.25, -0.2) is 0 Å². The first-order valence-electron chi connectivity index (χ1n) is 7.26. The van der Waals surface area contributed by atoms with E-state index in [-0.39, 0.29) is 0 Å². The third-order valence-electron chi connectivity index (χ3n) is 3.99. The zero-order valence-electron chi connectivity index (χ0n) is 11.7. The van der Waals surface area contributed by atoms with E-state index in [2.05, 4.69) is 89.6 Å². The molecule has 2 aromatic heterocycles. The molecule has 0 saturated carbocycles. The van der Waals surface area contributed by atoms with Gasteiger partial charge < -0.3 is 0 Å². The molecule has 0 spiro atoms. The second-order valence-corrected chi connectivity index (χ2v) is 5.35. The molecule has 100 valence electrons. The summed E-state index contributed by atoms with van der Waals surface area (Å²) < 4.78 is 2.22. The molecule has 4 aromatic rings. The maximum Gasteiger partial charge on any atom is 0.214 e. The van der Waals surface area contributed by atoms with Crippen LogP contribution in [0.15, 0.2) is 85.2 Å². The summed E-state index contributed by atoms with van der Waals surface area (Å²) in [5, 5.41) is 2.62. The summed E-state index contributed by atoms with van der Waals surface area (Å²) >= 11 is 0. The minimum Gasteiger partial charge on any atom is -0.166 e. The van der Waals surface area contributed by atoms with Crippen LogP contribution in [0, 0.1) is 0 Å². The zero-order valence-corrected chi connectivity index (χ0v) is 11.7. The summed E-state index contributed by atoms with van der Waals surface area (Å²) in [5.74, 6) is 0. The fourth-order valence-corrected chi connectivity index (χ4v) is 2.98. The first-order chi connectivity index (χ1) is 10.4. The van der Waals surface area contributed by atoms with Gasteiger partial charge in [-0.05, 0) is 23.1 Å². The molecule has 0 fully saturated rings. The fraction of sp³-hybridized carbons (Fsp3) is 0.0500. The van der Waals surface area contributed by atoms with Crippen molar-refractivity contribution >= 4 is 16.3 Å². The van der Waals surface area contributed by atoms with E-state index in [9.17, 15) is 0 Å². The van der Waals surface area contributed by atoms with Crippen LogP contribution in [-0.2, 0) is 6.42 Å². The molecule has 1 nitrogen and oxygen atoms in total. The molecule has 0 aliphatic rings. The first kappa shape index (κ1) is 12.1. The number of benzene rings is 2. The number of pyridine rings is 2. The number of hydrogen-bond acceptors (Lipinski definition) is 0. The molecule has 21 heavy (non-hydrogen) atoms. The minimum absolute atomic E-state index is 0.954. The lowest BCUT2D eigenvalue weighted by molar-refractivity contribution is -0.510. The zero-order chi connectivity index (χ0) is 14.1. The SMILES string of the molecule is c1ccc(Cc2c3ccccc3c[n+]3ccccc23)cc1. The highest BCUT2D eigenvalue weighted by molar-refractivity contribution is 5.88. The maximum atomic E-state index is 2.22. The highest BCUT2D eigenvalue weighted by Crippen LogP contribution is 2.23. The molecular weight excluding hydrogens is 254 g/mol. The number of fused-ring (bicyclic) bond motifs is 2. The smallest absolute Gasteiger partial charge is 0.166 e. The molecule has 0 aliphatic carbocycles. The van der Waals surface area contributed by atoms with Crippen molar-refractivity contribution in [2.45, 2.75) is 6.42 Å². The Balaban J connectivity index is 2.02. The van der Waals surface area contributed by atoms with Gasteiger partial charge in [0.15, 0.2) is 12.4 Å². The Morgan fingerprint density at radius 1 is 0.714 bits per heavy atom. The Kier molecular flexibility index (Phi) is 2.89. The number of nitrogens with zero attached hydrogens (tertiary/aromatic N) is 1. The summed E-state index contributed by atoms with van der Waals surface area (Å²) in [5.41, 5.74) is 4.01. The van der Waals surface area contributed by atoms with Crippen molar-refractivity contribution < 1.29 is 4.40 Å². The van der Waals surface area contributed by atoms with E-state index >= 15 is 0 Å². The quantitative estimate of drug-likeness (QED) is 0.380. The Labute approximate surface area is 124 Å². The van der Waals surface area contributed by atoms with E-state index in [1.54, 1.807) is 0 Å². The van der Waals surface area contributed by atoms with Crippen molar-refractivity contribution in [3.05, 3.63) is 96.3 Å². The van der Waals surface area contributed by atoms with Crippen LogP contribution in [0.4, 0.5) is 0 Å².